The van der Waals surface area contributed by atoms with E-state index in [1.807, 2.05) is 0 Å². The summed E-state index contributed by atoms with van der Waals surface area (Å²) in [4.78, 5) is 14.8. The van der Waals surface area contributed by atoms with E-state index in [-0.39, 0.29) is 12.0 Å². The number of rotatable bonds is 39. The van der Waals surface area contributed by atoms with Gasteiger partial charge in [0.2, 0.25) is 0 Å². The summed E-state index contributed by atoms with van der Waals surface area (Å²) in [6.07, 6.45) is 50.7. The number of likely N-dealkylation sites (tertiary alicyclic amines) is 1. The van der Waals surface area contributed by atoms with Crippen molar-refractivity contribution in [3.8, 4) is 0 Å². The van der Waals surface area contributed by atoms with Gasteiger partial charge in [-0.25, -0.2) is 4.79 Å². The Hall–Kier alpha value is -1.89. The van der Waals surface area contributed by atoms with Gasteiger partial charge in [-0.05, 0) is 103 Å². The summed E-state index contributed by atoms with van der Waals surface area (Å²) in [5.41, 5.74) is 0. The predicted octanol–water partition coefficient (Wildman–Crippen LogP) is 13.1. The molecule has 0 radical (unpaired) electrons. The predicted molar refractivity (Wildman–Crippen MR) is 229 cm³/mol. The van der Waals surface area contributed by atoms with Crippen molar-refractivity contribution >= 4 is 6.09 Å². The van der Waals surface area contributed by atoms with E-state index in [0.717, 1.165) is 58.5 Å². The fourth-order valence-electron chi connectivity index (χ4n) is 6.60. The fraction of sp³-hybridized carbons (Fsp3) is 0.809. The van der Waals surface area contributed by atoms with Gasteiger partial charge in [-0.3, -0.25) is 0 Å². The lowest BCUT2D eigenvalue weighted by Crippen LogP contribution is -2.35. The van der Waals surface area contributed by atoms with Crippen LogP contribution in [0.5, 0.6) is 0 Å². The number of unbranched alkanes of at least 4 members (excludes halogenated alkanes) is 18. The van der Waals surface area contributed by atoms with Gasteiger partial charge in [0.25, 0.3) is 0 Å². The molecule has 1 amide bonds. The maximum atomic E-state index is 12.4. The van der Waals surface area contributed by atoms with Crippen LogP contribution in [0.1, 0.15) is 181 Å². The maximum absolute atomic E-state index is 12.4. The number of nitrogens with one attached hydrogen (secondary N) is 1. The highest BCUT2D eigenvalue weighted by atomic mass is 16.6. The molecule has 1 heterocycles. The Kier molecular flexibility index (Phi) is 38.3. The van der Waals surface area contributed by atoms with Crippen LogP contribution in [0.3, 0.4) is 0 Å². The highest BCUT2D eigenvalue weighted by Crippen LogP contribution is 2.11. The lowest BCUT2D eigenvalue weighted by Gasteiger charge is -2.18. The van der Waals surface area contributed by atoms with Gasteiger partial charge >= 0.3 is 6.09 Å². The van der Waals surface area contributed by atoms with Gasteiger partial charge in [0.05, 0.1) is 13.2 Å². The van der Waals surface area contributed by atoms with Gasteiger partial charge in [0.1, 0.15) is 6.61 Å². The average molecular weight is 743 g/mol. The number of carbonyl (C=O) groups is 1. The van der Waals surface area contributed by atoms with Gasteiger partial charge < -0.3 is 24.4 Å². The van der Waals surface area contributed by atoms with Gasteiger partial charge in [0, 0.05) is 32.2 Å². The molecule has 6 heteroatoms. The number of carbonyl (C=O) groups excluding carboxylic acids is 1. The minimum atomic E-state index is -0.329. The summed E-state index contributed by atoms with van der Waals surface area (Å²) >= 11 is 0. The highest BCUT2D eigenvalue weighted by molar-refractivity contribution is 5.67. The van der Waals surface area contributed by atoms with Crippen LogP contribution < -0.4 is 5.32 Å². The third-order valence-electron chi connectivity index (χ3n) is 10.0. The number of hydrogen-bond donors (Lipinski definition) is 1. The number of hydrogen-bond acceptors (Lipinski definition) is 5. The molecule has 0 unspecified atom stereocenters. The normalized spacial score (nSPS) is 14.0. The largest absolute Gasteiger partial charge is 0.449 e. The van der Waals surface area contributed by atoms with Crippen LogP contribution in [0.4, 0.5) is 4.79 Å². The van der Waals surface area contributed by atoms with Crippen LogP contribution in [-0.4, -0.2) is 70.2 Å². The number of allylic oxidation sites excluding steroid dienone is 8. The van der Waals surface area contributed by atoms with Crippen molar-refractivity contribution in [2.24, 2.45) is 5.92 Å². The van der Waals surface area contributed by atoms with Crippen LogP contribution in [0, 0.1) is 5.92 Å². The minimum Gasteiger partial charge on any atom is -0.449 e. The van der Waals surface area contributed by atoms with Gasteiger partial charge in [0.15, 0.2) is 0 Å². The molecule has 53 heavy (non-hydrogen) atoms. The fourth-order valence-corrected chi connectivity index (χ4v) is 6.60. The molecule has 0 spiro atoms. The van der Waals surface area contributed by atoms with Crippen molar-refractivity contribution in [3.05, 3.63) is 48.6 Å². The van der Waals surface area contributed by atoms with E-state index in [4.69, 9.17) is 14.2 Å². The summed E-state index contributed by atoms with van der Waals surface area (Å²) in [6.45, 7) is 11.3. The lowest BCUT2D eigenvalue weighted by atomic mass is 10.1. The molecule has 1 N–H and O–H groups in total. The first-order chi connectivity index (χ1) is 26.3. The van der Waals surface area contributed by atoms with Crippen molar-refractivity contribution < 1.29 is 19.0 Å². The molecular formula is C47H86N2O4. The van der Waals surface area contributed by atoms with Crippen molar-refractivity contribution in [1.82, 2.24) is 10.2 Å². The van der Waals surface area contributed by atoms with E-state index in [9.17, 15) is 4.79 Å². The summed E-state index contributed by atoms with van der Waals surface area (Å²) in [6, 6.07) is 0. The standard InChI is InChI=1S/C47H86N2O4/c1-3-5-7-9-11-13-15-17-19-21-23-25-27-29-31-35-41-51-43-46(45-53-47(50)48-37-40-49-38-33-34-39-49)44-52-42-36-32-30-28-26-24-22-20-18-16-14-12-10-8-6-4-2/h11-14,17-20,46H,3-10,15-16,21-45H2,1-2H3,(H,48,50)/b13-11-,14-12-,19-17-,20-18-. The molecular weight excluding hydrogens is 657 g/mol. The van der Waals surface area contributed by atoms with Crippen LogP contribution in [0.15, 0.2) is 48.6 Å². The van der Waals surface area contributed by atoms with E-state index in [1.165, 1.54) is 141 Å². The molecule has 1 saturated heterocycles. The van der Waals surface area contributed by atoms with Crippen LogP contribution in [0.25, 0.3) is 0 Å². The first kappa shape index (κ1) is 49.1. The second kappa shape index (κ2) is 41.3. The molecule has 1 fully saturated rings. The van der Waals surface area contributed by atoms with E-state index >= 15 is 0 Å². The SMILES string of the molecule is CCCCC/C=C\C/C=C\CCCCCCCCOCC(COCCCCCCCC/C=C\C/C=C\CCCCC)COC(=O)NCCN1CCCC1. The summed E-state index contributed by atoms with van der Waals surface area (Å²) in [5.74, 6) is 0.0635. The molecule has 0 saturated carbocycles. The van der Waals surface area contributed by atoms with Gasteiger partial charge in [-0.15, -0.1) is 0 Å². The second-order valence-electron chi connectivity index (χ2n) is 15.3. The number of nitrogens with zero attached hydrogens (tertiary/aromatic N) is 1. The molecule has 0 atom stereocenters. The zero-order valence-corrected chi connectivity index (χ0v) is 35.0. The molecule has 6 nitrogen and oxygen atoms in total. The molecule has 0 aromatic carbocycles. The smallest absolute Gasteiger partial charge is 0.407 e. The Bertz CT molecular complexity index is 828. The molecule has 1 aliphatic rings. The topological polar surface area (TPSA) is 60.0 Å². The minimum absolute atomic E-state index is 0.0635. The zero-order chi connectivity index (χ0) is 38.0. The first-order valence-corrected chi connectivity index (χ1v) is 22.6. The van der Waals surface area contributed by atoms with Gasteiger partial charge in [-0.2, -0.15) is 0 Å². The van der Waals surface area contributed by atoms with E-state index < -0.39 is 0 Å². The highest BCUT2D eigenvalue weighted by Gasteiger charge is 2.15. The summed E-state index contributed by atoms with van der Waals surface area (Å²) in [5, 5.41) is 2.92. The Labute approximate surface area is 329 Å². The monoisotopic (exact) mass is 743 g/mol. The Morgan fingerprint density at radius 3 is 1.42 bits per heavy atom. The van der Waals surface area contributed by atoms with Gasteiger partial charge in [-0.1, -0.05) is 140 Å². The second-order valence-corrected chi connectivity index (χ2v) is 15.3. The molecule has 1 rings (SSSR count). The van der Waals surface area contributed by atoms with Crippen LogP contribution in [0.2, 0.25) is 0 Å². The Morgan fingerprint density at radius 2 is 0.962 bits per heavy atom. The maximum Gasteiger partial charge on any atom is 0.407 e. The zero-order valence-electron chi connectivity index (χ0n) is 35.0. The Morgan fingerprint density at radius 1 is 0.547 bits per heavy atom. The number of amides is 1. The summed E-state index contributed by atoms with van der Waals surface area (Å²) < 4.78 is 17.7. The van der Waals surface area contributed by atoms with Crippen molar-refractivity contribution in [3.63, 3.8) is 0 Å². The van der Waals surface area contributed by atoms with Crippen LogP contribution >= 0.6 is 0 Å². The molecule has 1 aliphatic heterocycles. The molecule has 0 aromatic rings. The molecule has 0 aliphatic carbocycles. The Balaban J connectivity index is 2.12. The molecule has 308 valence electrons. The average Bonchev–Trinajstić information content (AvgIpc) is 3.69. The number of alkyl carbamates (subject to hydrolysis) is 1. The quantitative estimate of drug-likeness (QED) is 0.0502. The lowest BCUT2D eigenvalue weighted by molar-refractivity contribution is 0.00889. The van der Waals surface area contributed by atoms with E-state index in [2.05, 4.69) is 72.7 Å². The molecule has 0 bridgehead atoms. The number of ether oxygens (including phenoxy) is 3. The van der Waals surface area contributed by atoms with Crippen molar-refractivity contribution in [2.45, 2.75) is 181 Å². The third-order valence-corrected chi connectivity index (χ3v) is 10.0. The van der Waals surface area contributed by atoms with Crippen molar-refractivity contribution in [2.75, 3.05) is 59.2 Å². The molecule has 0 aromatic heterocycles. The van der Waals surface area contributed by atoms with E-state index in [1.54, 1.807) is 0 Å². The van der Waals surface area contributed by atoms with Crippen molar-refractivity contribution in [1.29, 1.82) is 0 Å². The third kappa shape index (κ3) is 36.8. The first-order valence-electron chi connectivity index (χ1n) is 22.6. The van der Waals surface area contributed by atoms with E-state index in [0.29, 0.717) is 26.4 Å². The summed E-state index contributed by atoms with van der Waals surface area (Å²) in [7, 11) is 0. The van der Waals surface area contributed by atoms with Crippen LogP contribution in [-0.2, 0) is 14.2 Å².